The fourth-order valence-electron chi connectivity index (χ4n) is 1.22. The molecule has 1 rings (SSSR count). The molecule has 8 heteroatoms. The van der Waals surface area contributed by atoms with Gasteiger partial charge in [-0.05, 0) is 35.0 Å². The van der Waals surface area contributed by atoms with Crippen molar-refractivity contribution in [1.29, 1.82) is 5.26 Å². The second-order valence-electron chi connectivity index (χ2n) is 3.21. The zero-order valence-corrected chi connectivity index (χ0v) is 11.1. The van der Waals surface area contributed by atoms with Gasteiger partial charge in [0.05, 0.1) is 17.7 Å². The van der Waals surface area contributed by atoms with E-state index in [0.29, 0.717) is 0 Å². The van der Waals surface area contributed by atoms with Gasteiger partial charge in [0.2, 0.25) is 0 Å². The van der Waals surface area contributed by atoms with Crippen LogP contribution in [0.4, 0.5) is 13.2 Å². The lowest BCUT2D eigenvalue weighted by atomic mass is 10.1. The first-order valence-corrected chi connectivity index (χ1v) is 5.74. The van der Waals surface area contributed by atoms with Gasteiger partial charge < -0.3 is 9.47 Å². The lowest BCUT2D eigenvalue weighted by molar-refractivity contribution is -0.274. The molecule has 0 atom stereocenters. The zero-order chi connectivity index (χ0) is 14.6. The van der Waals surface area contributed by atoms with Crippen molar-refractivity contribution in [1.82, 2.24) is 0 Å². The average Bonchev–Trinajstić information content (AvgIpc) is 2.27. The third-order valence-corrected chi connectivity index (χ3v) is 2.57. The van der Waals surface area contributed by atoms with Crippen LogP contribution in [-0.2, 0) is 4.74 Å². The number of ether oxygens (including phenoxy) is 2. The van der Waals surface area contributed by atoms with E-state index in [-0.39, 0.29) is 16.6 Å². The van der Waals surface area contributed by atoms with Crippen molar-refractivity contribution in [3.05, 3.63) is 27.7 Å². The third kappa shape index (κ3) is 4.13. The Hall–Kier alpha value is -1.75. The second kappa shape index (κ2) is 5.93. The molecule has 0 saturated heterocycles. The van der Waals surface area contributed by atoms with Gasteiger partial charge in [0.25, 0.3) is 0 Å². The van der Waals surface area contributed by atoms with E-state index in [9.17, 15) is 18.0 Å². The van der Waals surface area contributed by atoms with Crippen LogP contribution in [0.1, 0.15) is 22.8 Å². The molecule has 1 aromatic carbocycles. The SMILES string of the molecule is CCOC(=O)c1cc(C#N)c(OC(F)(F)F)cc1Br. The van der Waals surface area contributed by atoms with E-state index < -0.39 is 23.6 Å². The Labute approximate surface area is 114 Å². The smallest absolute Gasteiger partial charge is 0.462 e. The summed E-state index contributed by atoms with van der Waals surface area (Å²) in [5, 5.41) is 8.78. The molecule has 0 unspecified atom stereocenters. The van der Waals surface area contributed by atoms with Gasteiger partial charge in [0.1, 0.15) is 11.8 Å². The lowest BCUT2D eigenvalue weighted by Crippen LogP contribution is -2.18. The molecule has 102 valence electrons. The Balaban J connectivity index is 3.22. The van der Waals surface area contributed by atoms with Gasteiger partial charge in [-0.25, -0.2) is 4.79 Å². The molecule has 1 aromatic rings. The highest BCUT2D eigenvalue weighted by molar-refractivity contribution is 9.10. The zero-order valence-electron chi connectivity index (χ0n) is 9.55. The Bertz CT molecular complexity index is 537. The minimum absolute atomic E-state index is 0.0456. The summed E-state index contributed by atoms with van der Waals surface area (Å²) in [7, 11) is 0. The van der Waals surface area contributed by atoms with Crippen molar-refractivity contribution in [3.63, 3.8) is 0 Å². The van der Waals surface area contributed by atoms with Gasteiger partial charge in [-0.1, -0.05) is 0 Å². The molecule has 0 radical (unpaired) electrons. The number of hydrogen-bond donors (Lipinski definition) is 0. The first-order chi connectivity index (χ1) is 8.78. The van der Waals surface area contributed by atoms with Gasteiger partial charge in [-0.3, -0.25) is 0 Å². The Morgan fingerprint density at radius 1 is 1.47 bits per heavy atom. The quantitative estimate of drug-likeness (QED) is 0.793. The fourth-order valence-corrected chi connectivity index (χ4v) is 1.70. The molecule has 0 saturated carbocycles. The van der Waals surface area contributed by atoms with Crippen LogP contribution in [0.3, 0.4) is 0 Å². The summed E-state index contributed by atoms with van der Waals surface area (Å²) in [6.45, 7) is 1.69. The largest absolute Gasteiger partial charge is 0.573 e. The van der Waals surface area contributed by atoms with Crippen molar-refractivity contribution < 1.29 is 27.4 Å². The highest BCUT2D eigenvalue weighted by Crippen LogP contribution is 2.31. The van der Waals surface area contributed by atoms with E-state index in [1.54, 1.807) is 6.92 Å². The maximum Gasteiger partial charge on any atom is 0.573 e. The monoisotopic (exact) mass is 337 g/mol. The molecule has 0 spiro atoms. The lowest BCUT2D eigenvalue weighted by Gasteiger charge is -2.12. The summed E-state index contributed by atoms with van der Waals surface area (Å²) in [6, 6.07) is 3.41. The summed E-state index contributed by atoms with van der Waals surface area (Å²) < 4.78 is 44.8. The summed E-state index contributed by atoms with van der Waals surface area (Å²) in [5.41, 5.74) is -0.462. The number of halogens is 4. The molecule has 19 heavy (non-hydrogen) atoms. The van der Waals surface area contributed by atoms with Gasteiger partial charge >= 0.3 is 12.3 Å². The van der Waals surface area contributed by atoms with Crippen molar-refractivity contribution in [2.45, 2.75) is 13.3 Å². The second-order valence-corrected chi connectivity index (χ2v) is 4.06. The number of rotatable bonds is 3. The van der Waals surface area contributed by atoms with Crippen LogP contribution in [0.2, 0.25) is 0 Å². The summed E-state index contributed by atoms with van der Waals surface area (Å²) >= 11 is 2.93. The van der Waals surface area contributed by atoms with Gasteiger partial charge in [-0.15, -0.1) is 13.2 Å². The Morgan fingerprint density at radius 2 is 2.11 bits per heavy atom. The van der Waals surface area contributed by atoms with Gasteiger partial charge in [0, 0.05) is 4.47 Å². The number of nitrogens with zero attached hydrogens (tertiary/aromatic N) is 1. The minimum atomic E-state index is -4.92. The van der Waals surface area contributed by atoms with E-state index in [0.717, 1.165) is 12.1 Å². The van der Waals surface area contributed by atoms with Crippen LogP contribution >= 0.6 is 15.9 Å². The summed E-state index contributed by atoms with van der Waals surface area (Å²) in [4.78, 5) is 11.5. The summed E-state index contributed by atoms with van der Waals surface area (Å²) in [5.74, 6) is -1.43. The van der Waals surface area contributed by atoms with Crippen molar-refractivity contribution in [2.24, 2.45) is 0 Å². The van der Waals surface area contributed by atoms with Crippen molar-refractivity contribution >= 4 is 21.9 Å². The van der Waals surface area contributed by atoms with E-state index in [2.05, 4.69) is 20.7 Å². The van der Waals surface area contributed by atoms with Crippen LogP contribution < -0.4 is 4.74 Å². The number of alkyl halides is 3. The molecular weight excluding hydrogens is 331 g/mol. The normalized spacial score (nSPS) is 10.7. The molecule has 0 amide bonds. The maximum atomic E-state index is 12.1. The highest BCUT2D eigenvalue weighted by atomic mass is 79.9. The molecule has 0 aromatic heterocycles. The Morgan fingerprint density at radius 3 is 2.58 bits per heavy atom. The van der Waals surface area contributed by atoms with Crippen LogP contribution in [0.15, 0.2) is 16.6 Å². The third-order valence-electron chi connectivity index (χ3n) is 1.91. The number of hydrogen-bond acceptors (Lipinski definition) is 4. The average molecular weight is 338 g/mol. The van der Waals surface area contributed by atoms with E-state index >= 15 is 0 Å². The maximum absolute atomic E-state index is 12.1. The number of benzene rings is 1. The van der Waals surface area contributed by atoms with E-state index in [1.807, 2.05) is 0 Å². The molecular formula is C11H7BrF3NO3. The molecule has 0 aliphatic carbocycles. The van der Waals surface area contributed by atoms with Crippen molar-refractivity contribution in [3.8, 4) is 11.8 Å². The van der Waals surface area contributed by atoms with Crippen LogP contribution in [-0.4, -0.2) is 18.9 Å². The first kappa shape index (κ1) is 15.3. The number of carbonyl (C=O) groups is 1. The molecule has 0 aliphatic heterocycles. The van der Waals surface area contributed by atoms with Crippen LogP contribution in [0.5, 0.6) is 5.75 Å². The van der Waals surface area contributed by atoms with E-state index in [1.165, 1.54) is 6.07 Å². The van der Waals surface area contributed by atoms with Gasteiger partial charge in [-0.2, -0.15) is 5.26 Å². The number of esters is 1. The highest BCUT2D eigenvalue weighted by Gasteiger charge is 2.33. The van der Waals surface area contributed by atoms with Crippen LogP contribution in [0.25, 0.3) is 0 Å². The summed E-state index contributed by atoms with van der Waals surface area (Å²) in [6.07, 6.45) is -4.92. The molecule has 0 bridgehead atoms. The fraction of sp³-hybridized carbons (Fsp3) is 0.273. The molecule has 0 N–H and O–H groups in total. The van der Waals surface area contributed by atoms with Crippen molar-refractivity contribution in [2.75, 3.05) is 6.61 Å². The van der Waals surface area contributed by atoms with E-state index in [4.69, 9.17) is 10.00 Å². The molecule has 4 nitrogen and oxygen atoms in total. The minimum Gasteiger partial charge on any atom is -0.462 e. The van der Waals surface area contributed by atoms with Crippen LogP contribution in [0, 0.1) is 11.3 Å². The predicted molar refractivity (Wildman–Crippen MR) is 61.5 cm³/mol. The predicted octanol–water partition coefficient (Wildman–Crippen LogP) is 3.40. The van der Waals surface area contributed by atoms with Gasteiger partial charge in [0.15, 0.2) is 0 Å². The molecule has 0 fully saturated rings. The standard InChI is InChI=1S/C11H7BrF3NO3/c1-2-18-10(17)7-3-6(5-16)9(4-8(7)12)19-11(13,14)15/h3-4H,2H2,1H3. The molecule has 0 aliphatic rings. The number of carbonyl (C=O) groups excluding carboxylic acids is 1. The Kier molecular flexibility index (Phi) is 4.78. The topological polar surface area (TPSA) is 59.3 Å². The number of nitriles is 1. The first-order valence-electron chi connectivity index (χ1n) is 4.95. The molecule has 0 heterocycles.